The molecule has 0 bridgehead atoms. The summed E-state index contributed by atoms with van der Waals surface area (Å²) in [6.07, 6.45) is 0. The minimum absolute atomic E-state index is 0.197. The van der Waals surface area contributed by atoms with E-state index in [1.807, 2.05) is 0 Å². The van der Waals surface area contributed by atoms with E-state index in [1.54, 1.807) is 0 Å². The molecule has 0 unspecified atom stereocenters. The maximum Gasteiger partial charge on any atom is 0.358 e. The zero-order chi connectivity index (χ0) is 15.4. The summed E-state index contributed by atoms with van der Waals surface area (Å²) < 4.78 is 14.3. The lowest BCUT2D eigenvalue weighted by molar-refractivity contribution is -0.119. The van der Waals surface area contributed by atoms with Gasteiger partial charge >= 0.3 is 5.97 Å². The normalized spacial score (nSPS) is 10.4. The minimum atomic E-state index is -1.22. The highest BCUT2D eigenvalue weighted by Gasteiger charge is 2.20. The predicted molar refractivity (Wildman–Crippen MR) is 71.1 cm³/mol. The third kappa shape index (κ3) is 3.41. The van der Waals surface area contributed by atoms with E-state index in [0.29, 0.717) is 5.56 Å². The van der Waals surface area contributed by atoms with E-state index in [9.17, 15) is 14.0 Å². The van der Waals surface area contributed by atoms with Crippen molar-refractivity contribution < 1.29 is 19.1 Å². The van der Waals surface area contributed by atoms with Crippen molar-refractivity contribution in [3.8, 4) is 11.3 Å². The number of carboxylic acid groups (broad SMARTS) is 1. The van der Waals surface area contributed by atoms with Gasteiger partial charge < -0.3 is 10.4 Å². The average Bonchev–Trinajstić information content (AvgIpc) is 2.83. The fraction of sp³-hybridized carbons (Fsp3) is 0.231. The van der Waals surface area contributed by atoms with Crippen molar-refractivity contribution >= 4 is 11.9 Å². The Kier molecular flexibility index (Phi) is 4.27. The molecule has 0 aliphatic carbocycles. The molecule has 2 N–H and O–H groups in total. The van der Waals surface area contributed by atoms with Crippen LogP contribution in [0.1, 0.15) is 17.4 Å². The molecule has 1 heterocycles. The molecule has 8 heteroatoms. The Balaban J connectivity index is 2.35. The third-order valence-electron chi connectivity index (χ3n) is 2.75. The Labute approximate surface area is 119 Å². The van der Waals surface area contributed by atoms with Crippen molar-refractivity contribution in [1.29, 1.82) is 0 Å². The second kappa shape index (κ2) is 6.12. The van der Waals surface area contributed by atoms with E-state index >= 15 is 0 Å². The molecule has 0 fully saturated rings. The van der Waals surface area contributed by atoms with Gasteiger partial charge in [-0.3, -0.25) is 4.79 Å². The lowest BCUT2D eigenvalue weighted by Crippen LogP contribution is -2.25. The van der Waals surface area contributed by atoms with E-state index < -0.39 is 11.8 Å². The number of aromatic carboxylic acids is 1. The van der Waals surface area contributed by atoms with E-state index in [-0.39, 0.29) is 30.4 Å². The summed E-state index contributed by atoms with van der Waals surface area (Å²) in [5.74, 6) is -1.84. The van der Waals surface area contributed by atoms with Gasteiger partial charge in [-0.15, -0.1) is 5.10 Å². The van der Waals surface area contributed by atoms with E-state index in [1.165, 1.54) is 35.9 Å². The molecule has 21 heavy (non-hydrogen) atoms. The van der Waals surface area contributed by atoms with E-state index in [2.05, 4.69) is 15.6 Å². The number of halogens is 1. The van der Waals surface area contributed by atoms with Gasteiger partial charge in [-0.1, -0.05) is 5.21 Å². The van der Waals surface area contributed by atoms with Gasteiger partial charge in [0.2, 0.25) is 5.91 Å². The van der Waals surface area contributed by atoms with Gasteiger partial charge in [0.05, 0.1) is 6.54 Å². The first-order valence-electron chi connectivity index (χ1n) is 6.16. The molecule has 0 radical (unpaired) electrons. The van der Waals surface area contributed by atoms with Crippen LogP contribution in [-0.2, 0) is 11.3 Å². The smallest absolute Gasteiger partial charge is 0.358 e. The van der Waals surface area contributed by atoms with Crippen LogP contribution in [0.5, 0.6) is 0 Å². The van der Waals surface area contributed by atoms with Crippen LogP contribution in [0.3, 0.4) is 0 Å². The summed E-state index contributed by atoms with van der Waals surface area (Å²) in [6, 6.07) is 5.36. The molecule has 0 saturated heterocycles. The molecule has 0 aliphatic rings. The molecule has 2 rings (SSSR count). The van der Waals surface area contributed by atoms with Crippen molar-refractivity contribution in [3.63, 3.8) is 0 Å². The number of carboxylic acids is 1. The molecule has 0 spiro atoms. The number of benzene rings is 1. The van der Waals surface area contributed by atoms with Gasteiger partial charge in [-0.25, -0.2) is 13.9 Å². The third-order valence-corrected chi connectivity index (χ3v) is 2.75. The molecule has 0 atom stereocenters. The molecule has 1 amide bonds. The lowest BCUT2D eigenvalue weighted by atomic mass is 10.1. The topological polar surface area (TPSA) is 97.1 Å². The number of hydrogen-bond donors (Lipinski definition) is 2. The highest BCUT2D eigenvalue weighted by atomic mass is 19.1. The lowest BCUT2D eigenvalue weighted by Gasteiger charge is -2.07. The standard InChI is InChI=1S/C13H13FN4O3/c1-8(19)15-6-7-18-12(11(13(20)21)16-17-18)9-2-4-10(14)5-3-9/h2-5H,6-7H2,1H3,(H,15,19)(H,20,21). The van der Waals surface area contributed by atoms with Crippen LogP contribution < -0.4 is 5.32 Å². The van der Waals surface area contributed by atoms with Crippen molar-refractivity contribution in [2.75, 3.05) is 6.54 Å². The summed E-state index contributed by atoms with van der Waals surface area (Å²) >= 11 is 0. The van der Waals surface area contributed by atoms with Gasteiger partial charge in [-0.2, -0.15) is 0 Å². The van der Waals surface area contributed by atoms with Gasteiger partial charge in [0.25, 0.3) is 0 Å². The molecule has 1 aromatic heterocycles. The Bertz CT molecular complexity index is 667. The monoisotopic (exact) mass is 292 g/mol. The first kappa shape index (κ1) is 14.6. The van der Waals surface area contributed by atoms with Crippen LogP contribution in [-0.4, -0.2) is 38.5 Å². The quantitative estimate of drug-likeness (QED) is 0.854. The predicted octanol–water partition coefficient (Wildman–Crippen LogP) is 0.918. The van der Waals surface area contributed by atoms with E-state index in [4.69, 9.17) is 5.11 Å². The number of rotatable bonds is 5. The van der Waals surface area contributed by atoms with Gasteiger partial charge in [0, 0.05) is 19.0 Å². The molecule has 110 valence electrons. The fourth-order valence-corrected chi connectivity index (χ4v) is 1.84. The molecule has 1 aromatic carbocycles. The molecule has 2 aromatic rings. The summed E-state index contributed by atoms with van der Waals surface area (Å²) in [7, 11) is 0. The maximum atomic E-state index is 13.0. The fourth-order valence-electron chi connectivity index (χ4n) is 1.84. The van der Waals surface area contributed by atoms with Crippen molar-refractivity contribution in [1.82, 2.24) is 20.3 Å². The summed E-state index contributed by atoms with van der Waals surface area (Å²) in [6.45, 7) is 1.92. The second-order valence-electron chi connectivity index (χ2n) is 4.30. The SMILES string of the molecule is CC(=O)NCCn1nnc(C(=O)O)c1-c1ccc(F)cc1. The molecular weight excluding hydrogens is 279 g/mol. The van der Waals surface area contributed by atoms with E-state index in [0.717, 1.165) is 0 Å². The van der Waals surface area contributed by atoms with Crippen molar-refractivity contribution in [2.24, 2.45) is 0 Å². The maximum absolute atomic E-state index is 13.0. The second-order valence-corrected chi connectivity index (χ2v) is 4.30. The zero-order valence-corrected chi connectivity index (χ0v) is 11.2. The number of hydrogen-bond acceptors (Lipinski definition) is 4. The highest BCUT2D eigenvalue weighted by Crippen LogP contribution is 2.22. The van der Waals surface area contributed by atoms with Gasteiger partial charge in [0.1, 0.15) is 11.5 Å². The summed E-state index contributed by atoms with van der Waals surface area (Å²) in [4.78, 5) is 22.0. The van der Waals surface area contributed by atoms with Crippen molar-refractivity contribution in [3.05, 3.63) is 35.8 Å². The molecular formula is C13H13FN4O3. The summed E-state index contributed by atoms with van der Waals surface area (Å²) in [5.41, 5.74) is 0.541. The molecule has 7 nitrogen and oxygen atoms in total. The van der Waals surface area contributed by atoms with Crippen LogP contribution in [0.25, 0.3) is 11.3 Å². The summed E-state index contributed by atoms with van der Waals surface area (Å²) in [5, 5.41) is 19.1. The zero-order valence-electron chi connectivity index (χ0n) is 11.2. The number of carbonyl (C=O) groups excluding carboxylic acids is 1. The van der Waals surface area contributed by atoms with Crippen LogP contribution in [0, 0.1) is 5.82 Å². The van der Waals surface area contributed by atoms with Gasteiger partial charge in [0.15, 0.2) is 5.69 Å². The van der Waals surface area contributed by atoms with Crippen LogP contribution in [0.15, 0.2) is 24.3 Å². The van der Waals surface area contributed by atoms with Gasteiger partial charge in [-0.05, 0) is 24.3 Å². The van der Waals surface area contributed by atoms with Crippen LogP contribution in [0.4, 0.5) is 4.39 Å². The van der Waals surface area contributed by atoms with Crippen molar-refractivity contribution in [2.45, 2.75) is 13.5 Å². The Morgan fingerprint density at radius 3 is 2.57 bits per heavy atom. The Morgan fingerprint density at radius 2 is 2.00 bits per heavy atom. The number of nitrogens with zero attached hydrogens (tertiary/aromatic N) is 3. The number of nitrogens with one attached hydrogen (secondary N) is 1. The molecule has 0 saturated carbocycles. The Hall–Kier alpha value is -2.77. The minimum Gasteiger partial charge on any atom is -0.476 e. The highest BCUT2D eigenvalue weighted by molar-refractivity contribution is 5.92. The Morgan fingerprint density at radius 1 is 1.33 bits per heavy atom. The van der Waals surface area contributed by atoms with Crippen LogP contribution >= 0.6 is 0 Å². The van der Waals surface area contributed by atoms with Crippen LogP contribution in [0.2, 0.25) is 0 Å². The average molecular weight is 292 g/mol. The first-order chi connectivity index (χ1) is 9.99. The largest absolute Gasteiger partial charge is 0.476 e. The molecule has 0 aliphatic heterocycles. The number of carbonyl (C=O) groups is 2. The number of amides is 1. The number of aromatic nitrogens is 3. The first-order valence-corrected chi connectivity index (χ1v) is 6.16.